The SMILES string of the molecule is CC[C@@](C)(C(=O)NC1CCCCC1)N(C[C@H]1CCCO1)C(=O)CCc1cc(C(C)(C)C)c(O)c(C(C)(C)C)c1. The number of phenols is 1. The van der Waals surface area contributed by atoms with Crippen molar-refractivity contribution in [2.75, 3.05) is 13.2 Å². The summed E-state index contributed by atoms with van der Waals surface area (Å²) < 4.78 is 5.93. The number of rotatable bonds is 9. The van der Waals surface area contributed by atoms with Gasteiger partial charge in [0.25, 0.3) is 0 Å². The van der Waals surface area contributed by atoms with Crippen molar-refractivity contribution in [3.05, 3.63) is 28.8 Å². The van der Waals surface area contributed by atoms with Gasteiger partial charge in [0.1, 0.15) is 11.3 Å². The Bertz CT molecular complexity index is 959. The molecule has 6 heteroatoms. The van der Waals surface area contributed by atoms with E-state index in [1.807, 2.05) is 18.7 Å². The molecular weight excluding hydrogens is 488 g/mol. The summed E-state index contributed by atoms with van der Waals surface area (Å²) in [5.74, 6) is 0.289. The molecule has 1 heterocycles. The number of amides is 2. The number of carbonyl (C=O) groups is 2. The second-order valence-corrected chi connectivity index (χ2v) is 14.1. The van der Waals surface area contributed by atoms with Gasteiger partial charge in [-0.1, -0.05) is 79.9 Å². The Morgan fingerprint density at radius 1 is 0.949 bits per heavy atom. The minimum absolute atomic E-state index is 0.0173. The number of benzene rings is 1. The second kappa shape index (κ2) is 12.6. The molecule has 2 N–H and O–H groups in total. The van der Waals surface area contributed by atoms with E-state index >= 15 is 0 Å². The van der Waals surface area contributed by atoms with Crippen molar-refractivity contribution in [2.24, 2.45) is 0 Å². The van der Waals surface area contributed by atoms with Crippen LogP contribution in [0.25, 0.3) is 0 Å². The van der Waals surface area contributed by atoms with Crippen molar-refractivity contribution in [3.8, 4) is 5.75 Å². The summed E-state index contributed by atoms with van der Waals surface area (Å²) in [5.41, 5.74) is 1.46. The van der Waals surface area contributed by atoms with Crippen molar-refractivity contribution in [2.45, 2.75) is 148 Å². The third kappa shape index (κ3) is 7.77. The van der Waals surface area contributed by atoms with Gasteiger partial charge in [0.15, 0.2) is 0 Å². The van der Waals surface area contributed by atoms with Crippen LogP contribution >= 0.6 is 0 Å². The molecule has 3 rings (SSSR count). The van der Waals surface area contributed by atoms with Crippen LogP contribution in [0.3, 0.4) is 0 Å². The predicted octanol–water partition coefficient (Wildman–Crippen LogP) is 6.55. The van der Waals surface area contributed by atoms with Crippen LogP contribution in [0.1, 0.15) is 130 Å². The zero-order valence-corrected chi connectivity index (χ0v) is 25.9. The van der Waals surface area contributed by atoms with Gasteiger partial charge in [-0.25, -0.2) is 0 Å². The Labute approximate surface area is 237 Å². The van der Waals surface area contributed by atoms with Gasteiger partial charge in [-0.05, 0) is 73.0 Å². The molecule has 2 amide bonds. The van der Waals surface area contributed by atoms with E-state index in [2.05, 4.69) is 59.0 Å². The van der Waals surface area contributed by atoms with E-state index in [9.17, 15) is 14.7 Å². The first-order valence-electron chi connectivity index (χ1n) is 15.3. The highest BCUT2D eigenvalue weighted by Crippen LogP contribution is 2.40. The third-order valence-corrected chi connectivity index (χ3v) is 8.84. The van der Waals surface area contributed by atoms with Crippen LogP contribution in [0.2, 0.25) is 0 Å². The van der Waals surface area contributed by atoms with Crippen LogP contribution in [0.5, 0.6) is 5.75 Å². The lowest BCUT2D eigenvalue weighted by molar-refractivity contribution is -0.149. The molecule has 1 aliphatic heterocycles. The van der Waals surface area contributed by atoms with Crippen molar-refractivity contribution in [1.82, 2.24) is 10.2 Å². The largest absolute Gasteiger partial charge is 0.507 e. The fraction of sp³-hybridized carbons (Fsp3) is 0.758. The molecule has 1 saturated heterocycles. The summed E-state index contributed by atoms with van der Waals surface area (Å²) in [6.07, 6.45) is 8.81. The average Bonchev–Trinajstić information content (AvgIpc) is 3.38. The third-order valence-electron chi connectivity index (χ3n) is 8.84. The van der Waals surface area contributed by atoms with Crippen LogP contribution in [-0.4, -0.2) is 52.7 Å². The minimum atomic E-state index is -0.928. The molecular formula is C33H54N2O4. The molecule has 2 aliphatic rings. The van der Waals surface area contributed by atoms with Gasteiger partial charge in [0, 0.05) is 25.6 Å². The molecule has 1 aliphatic carbocycles. The molecule has 0 spiro atoms. The molecule has 39 heavy (non-hydrogen) atoms. The molecule has 0 radical (unpaired) electrons. The van der Waals surface area contributed by atoms with E-state index in [0.29, 0.717) is 38.2 Å². The van der Waals surface area contributed by atoms with Crippen LogP contribution in [0, 0.1) is 0 Å². The van der Waals surface area contributed by atoms with Crippen LogP contribution < -0.4 is 5.32 Å². The number of aromatic hydroxyl groups is 1. The minimum Gasteiger partial charge on any atom is -0.507 e. The molecule has 1 saturated carbocycles. The standard InChI is InChI=1S/C33H54N2O4/c1-9-33(8,30(38)34-24-14-11-10-12-15-24)35(22-25-16-13-19-39-25)28(36)18-17-23-20-26(31(2,3)4)29(37)27(21-23)32(5,6)7/h20-21,24-25,37H,9-19,22H2,1-8H3,(H,34,38)/t25-,33+/m1/s1. The lowest BCUT2D eigenvalue weighted by atomic mass is 9.78. The Balaban J connectivity index is 1.86. The molecule has 0 unspecified atom stereocenters. The number of nitrogens with zero attached hydrogens (tertiary/aromatic N) is 1. The Hall–Kier alpha value is -2.08. The zero-order chi connectivity index (χ0) is 29.0. The Kier molecular flexibility index (Phi) is 10.2. The maximum atomic E-state index is 14.0. The second-order valence-electron chi connectivity index (χ2n) is 14.1. The fourth-order valence-electron chi connectivity index (χ4n) is 6.00. The zero-order valence-electron chi connectivity index (χ0n) is 25.9. The van der Waals surface area contributed by atoms with E-state index in [0.717, 1.165) is 55.2 Å². The van der Waals surface area contributed by atoms with Crippen LogP contribution in [-0.2, 0) is 31.6 Å². The van der Waals surface area contributed by atoms with Crippen molar-refractivity contribution >= 4 is 11.8 Å². The smallest absolute Gasteiger partial charge is 0.245 e. The molecule has 1 aromatic carbocycles. The molecule has 0 aromatic heterocycles. The topological polar surface area (TPSA) is 78.9 Å². The molecule has 220 valence electrons. The van der Waals surface area contributed by atoms with Crippen molar-refractivity contribution < 1.29 is 19.4 Å². The fourth-order valence-corrected chi connectivity index (χ4v) is 6.00. The summed E-state index contributed by atoms with van der Waals surface area (Å²) in [6.45, 7) is 17.7. The highest BCUT2D eigenvalue weighted by Gasteiger charge is 2.42. The van der Waals surface area contributed by atoms with E-state index < -0.39 is 5.54 Å². The molecule has 6 nitrogen and oxygen atoms in total. The summed E-state index contributed by atoms with van der Waals surface area (Å²) in [6, 6.07) is 4.30. The van der Waals surface area contributed by atoms with Crippen molar-refractivity contribution in [3.63, 3.8) is 0 Å². The maximum Gasteiger partial charge on any atom is 0.245 e. The first-order chi connectivity index (χ1) is 18.2. The van der Waals surface area contributed by atoms with Gasteiger partial charge < -0.3 is 20.1 Å². The van der Waals surface area contributed by atoms with E-state index in [1.165, 1.54) is 6.42 Å². The Morgan fingerprint density at radius 2 is 1.54 bits per heavy atom. The van der Waals surface area contributed by atoms with Gasteiger partial charge in [-0.15, -0.1) is 0 Å². The first kappa shape index (κ1) is 31.4. The molecule has 0 bridgehead atoms. The van der Waals surface area contributed by atoms with Gasteiger partial charge in [-0.2, -0.15) is 0 Å². The number of phenolic OH excluding ortho intramolecular Hbond substituents is 1. The van der Waals surface area contributed by atoms with Gasteiger partial charge >= 0.3 is 0 Å². The van der Waals surface area contributed by atoms with E-state index in [-0.39, 0.29) is 34.8 Å². The lowest BCUT2D eigenvalue weighted by Gasteiger charge is -2.42. The molecule has 1 aromatic rings. The summed E-state index contributed by atoms with van der Waals surface area (Å²) >= 11 is 0. The van der Waals surface area contributed by atoms with E-state index in [1.54, 1.807) is 0 Å². The van der Waals surface area contributed by atoms with Crippen LogP contribution in [0.15, 0.2) is 12.1 Å². The summed E-state index contributed by atoms with van der Waals surface area (Å²) in [5, 5.41) is 14.4. The van der Waals surface area contributed by atoms with Gasteiger partial charge in [-0.3, -0.25) is 9.59 Å². The normalized spacial score (nSPS) is 20.5. The average molecular weight is 543 g/mol. The number of carbonyl (C=O) groups excluding carboxylic acids is 2. The summed E-state index contributed by atoms with van der Waals surface area (Å²) in [4.78, 5) is 29.5. The summed E-state index contributed by atoms with van der Waals surface area (Å²) in [7, 11) is 0. The predicted molar refractivity (Wildman–Crippen MR) is 158 cm³/mol. The van der Waals surface area contributed by atoms with Crippen molar-refractivity contribution in [1.29, 1.82) is 0 Å². The Morgan fingerprint density at radius 3 is 2.03 bits per heavy atom. The molecule has 2 fully saturated rings. The quantitative estimate of drug-likeness (QED) is 0.371. The van der Waals surface area contributed by atoms with Gasteiger partial charge in [0.05, 0.1) is 6.10 Å². The number of ether oxygens (including phenoxy) is 1. The molecule has 2 atom stereocenters. The number of hydrogen-bond acceptors (Lipinski definition) is 4. The number of aryl methyl sites for hydroxylation is 1. The van der Waals surface area contributed by atoms with Gasteiger partial charge in [0.2, 0.25) is 11.8 Å². The highest BCUT2D eigenvalue weighted by molar-refractivity contribution is 5.91. The van der Waals surface area contributed by atoms with Crippen LogP contribution in [0.4, 0.5) is 0 Å². The number of nitrogens with one attached hydrogen (secondary N) is 1. The first-order valence-corrected chi connectivity index (χ1v) is 15.3. The maximum absolute atomic E-state index is 14.0. The lowest BCUT2D eigenvalue weighted by Crippen LogP contribution is -2.61. The highest BCUT2D eigenvalue weighted by atomic mass is 16.5. The number of hydrogen-bond donors (Lipinski definition) is 2. The van der Waals surface area contributed by atoms with E-state index in [4.69, 9.17) is 4.74 Å². The monoisotopic (exact) mass is 542 g/mol.